The van der Waals surface area contributed by atoms with Gasteiger partial charge in [0.1, 0.15) is 0 Å². The standard InChI is InChI=1S/C9H13N3O3.ClH/c10-11-7(13)3-1-2-6-12-8(14)4-5-9(12)15;/h4-5H,1-3,6,10H2,(H,11,13);1H. The largest absolute Gasteiger partial charge is 0.294 e. The van der Waals surface area contributed by atoms with E-state index in [4.69, 9.17) is 5.84 Å². The summed E-state index contributed by atoms with van der Waals surface area (Å²) in [6.45, 7) is 0.350. The van der Waals surface area contributed by atoms with E-state index in [0.29, 0.717) is 25.8 Å². The number of hydrogen-bond acceptors (Lipinski definition) is 4. The smallest absolute Gasteiger partial charge is 0.253 e. The molecule has 0 aliphatic carbocycles. The Kier molecular flexibility index (Phi) is 6.36. The van der Waals surface area contributed by atoms with Crippen LogP contribution in [0.3, 0.4) is 0 Å². The van der Waals surface area contributed by atoms with Gasteiger partial charge in [-0.25, -0.2) is 5.84 Å². The first kappa shape index (κ1) is 14.6. The molecule has 0 unspecified atom stereocenters. The monoisotopic (exact) mass is 247 g/mol. The number of halogens is 1. The van der Waals surface area contributed by atoms with E-state index in [0.717, 1.165) is 4.90 Å². The highest BCUT2D eigenvalue weighted by atomic mass is 35.5. The molecule has 6 nitrogen and oxygen atoms in total. The van der Waals surface area contributed by atoms with Gasteiger partial charge < -0.3 is 0 Å². The van der Waals surface area contributed by atoms with Gasteiger partial charge in [-0.2, -0.15) is 0 Å². The number of carbonyl (C=O) groups excluding carboxylic acids is 3. The SMILES string of the molecule is Cl.NNC(=O)CCCCN1C(=O)C=CC1=O. The number of imide groups is 1. The molecular formula is C9H14ClN3O3. The lowest BCUT2D eigenvalue weighted by Gasteiger charge is -2.12. The summed E-state index contributed by atoms with van der Waals surface area (Å²) in [7, 11) is 0. The summed E-state index contributed by atoms with van der Waals surface area (Å²) in [5.74, 6) is 4.07. The molecule has 3 N–H and O–H groups in total. The van der Waals surface area contributed by atoms with Crippen LogP contribution in [0.15, 0.2) is 12.2 Å². The third-order valence-corrected chi connectivity index (χ3v) is 2.10. The molecule has 16 heavy (non-hydrogen) atoms. The van der Waals surface area contributed by atoms with E-state index in [9.17, 15) is 14.4 Å². The number of nitrogens with two attached hydrogens (primary N) is 1. The van der Waals surface area contributed by atoms with Gasteiger partial charge in [-0.15, -0.1) is 12.4 Å². The molecule has 0 aromatic carbocycles. The highest BCUT2D eigenvalue weighted by Crippen LogP contribution is 2.06. The number of carbonyl (C=O) groups is 3. The van der Waals surface area contributed by atoms with Crippen molar-refractivity contribution in [2.75, 3.05) is 6.54 Å². The van der Waals surface area contributed by atoms with Crippen LogP contribution in [0.1, 0.15) is 19.3 Å². The molecular weight excluding hydrogens is 234 g/mol. The van der Waals surface area contributed by atoms with Gasteiger partial charge in [0, 0.05) is 25.1 Å². The average Bonchev–Trinajstić information content (AvgIpc) is 2.54. The van der Waals surface area contributed by atoms with Gasteiger partial charge in [0.05, 0.1) is 0 Å². The third-order valence-electron chi connectivity index (χ3n) is 2.10. The topological polar surface area (TPSA) is 92.5 Å². The Morgan fingerprint density at radius 1 is 1.25 bits per heavy atom. The van der Waals surface area contributed by atoms with E-state index in [1.54, 1.807) is 0 Å². The van der Waals surface area contributed by atoms with E-state index in [1.807, 2.05) is 5.43 Å². The van der Waals surface area contributed by atoms with Crippen LogP contribution in [0.4, 0.5) is 0 Å². The lowest BCUT2D eigenvalue weighted by molar-refractivity contribution is -0.136. The van der Waals surface area contributed by atoms with Crippen molar-refractivity contribution in [3.05, 3.63) is 12.2 Å². The Balaban J connectivity index is 0.00000225. The Labute approximate surface area is 99.2 Å². The molecule has 0 aromatic rings. The van der Waals surface area contributed by atoms with Crippen molar-refractivity contribution in [2.24, 2.45) is 5.84 Å². The molecule has 1 heterocycles. The molecule has 0 spiro atoms. The van der Waals surface area contributed by atoms with Crippen molar-refractivity contribution < 1.29 is 14.4 Å². The molecule has 3 amide bonds. The minimum Gasteiger partial charge on any atom is -0.294 e. The highest BCUT2D eigenvalue weighted by molar-refractivity contribution is 6.12. The first-order valence-electron chi connectivity index (χ1n) is 4.68. The zero-order chi connectivity index (χ0) is 11.3. The van der Waals surface area contributed by atoms with Crippen LogP contribution >= 0.6 is 12.4 Å². The fourth-order valence-electron chi connectivity index (χ4n) is 1.28. The third kappa shape index (κ3) is 4.00. The van der Waals surface area contributed by atoms with Gasteiger partial charge in [0.15, 0.2) is 0 Å². The number of rotatable bonds is 5. The fourth-order valence-corrected chi connectivity index (χ4v) is 1.28. The minimum absolute atomic E-state index is 0. The van der Waals surface area contributed by atoms with E-state index >= 15 is 0 Å². The zero-order valence-electron chi connectivity index (χ0n) is 8.64. The maximum atomic E-state index is 11.1. The predicted molar refractivity (Wildman–Crippen MR) is 59.3 cm³/mol. The fraction of sp³-hybridized carbons (Fsp3) is 0.444. The van der Waals surface area contributed by atoms with Crippen molar-refractivity contribution in [3.8, 4) is 0 Å². The summed E-state index contributed by atoms with van der Waals surface area (Å²) in [5.41, 5.74) is 2.01. The van der Waals surface area contributed by atoms with Crippen LogP contribution in [0.5, 0.6) is 0 Å². The predicted octanol–water partition coefficient (Wildman–Crippen LogP) is -0.507. The van der Waals surface area contributed by atoms with Crippen molar-refractivity contribution in [2.45, 2.75) is 19.3 Å². The molecule has 0 aromatic heterocycles. The Bertz CT molecular complexity index is 299. The second-order valence-electron chi connectivity index (χ2n) is 3.19. The van der Waals surface area contributed by atoms with Crippen LogP contribution in [-0.4, -0.2) is 29.2 Å². The molecule has 1 aliphatic heterocycles. The summed E-state index contributed by atoms with van der Waals surface area (Å²) < 4.78 is 0. The van der Waals surface area contributed by atoms with Gasteiger partial charge in [-0.3, -0.25) is 24.7 Å². The quantitative estimate of drug-likeness (QED) is 0.225. The van der Waals surface area contributed by atoms with Crippen LogP contribution in [0, 0.1) is 0 Å². The van der Waals surface area contributed by atoms with Gasteiger partial charge >= 0.3 is 0 Å². The lowest BCUT2D eigenvalue weighted by Crippen LogP contribution is -2.32. The number of amides is 3. The molecule has 1 aliphatic rings. The van der Waals surface area contributed by atoms with E-state index in [1.165, 1.54) is 12.2 Å². The molecule has 0 radical (unpaired) electrons. The van der Waals surface area contributed by atoms with E-state index in [-0.39, 0.29) is 30.1 Å². The number of nitrogens with one attached hydrogen (secondary N) is 1. The van der Waals surface area contributed by atoms with Gasteiger partial charge in [0.2, 0.25) is 5.91 Å². The first-order valence-corrected chi connectivity index (χ1v) is 4.68. The maximum Gasteiger partial charge on any atom is 0.253 e. The molecule has 1 rings (SSSR count). The Morgan fingerprint density at radius 3 is 2.31 bits per heavy atom. The van der Waals surface area contributed by atoms with Crippen molar-refractivity contribution in [1.29, 1.82) is 0 Å². The molecule has 0 fully saturated rings. The Hall–Kier alpha value is -1.40. The molecule has 0 bridgehead atoms. The average molecular weight is 248 g/mol. The van der Waals surface area contributed by atoms with Crippen molar-refractivity contribution in [3.63, 3.8) is 0 Å². The highest BCUT2D eigenvalue weighted by Gasteiger charge is 2.22. The second kappa shape index (κ2) is 6.97. The van der Waals surface area contributed by atoms with Crippen molar-refractivity contribution >= 4 is 30.1 Å². The number of hydrogen-bond donors (Lipinski definition) is 2. The molecule has 7 heteroatoms. The molecule has 0 saturated carbocycles. The Morgan fingerprint density at radius 2 is 1.81 bits per heavy atom. The number of unbranched alkanes of at least 4 members (excludes halogenated alkanes) is 1. The molecule has 0 atom stereocenters. The molecule has 0 saturated heterocycles. The van der Waals surface area contributed by atoms with Crippen molar-refractivity contribution in [1.82, 2.24) is 10.3 Å². The van der Waals surface area contributed by atoms with Gasteiger partial charge in [0.25, 0.3) is 11.8 Å². The number of nitrogens with zero attached hydrogens (tertiary/aromatic N) is 1. The maximum absolute atomic E-state index is 11.1. The van der Waals surface area contributed by atoms with Crippen LogP contribution in [0.2, 0.25) is 0 Å². The summed E-state index contributed by atoms with van der Waals surface area (Å²) in [5, 5.41) is 0. The zero-order valence-corrected chi connectivity index (χ0v) is 9.46. The first-order chi connectivity index (χ1) is 7.15. The van der Waals surface area contributed by atoms with Gasteiger partial charge in [-0.1, -0.05) is 0 Å². The lowest BCUT2D eigenvalue weighted by atomic mass is 10.2. The summed E-state index contributed by atoms with van der Waals surface area (Å²) in [6.07, 6.45) is 4.00. The minimum atomic E-state index is -0.289. The van der Waals surface area contributed by atoms with E-state index < -0.39 is 0 Å². The van der Waals surface area contributed by atoms with E-state index in [2.05, 4.69) is 0 Å². The van der Waals surface area contributed by atoms with Gasteiger partial charge in [-0.05, 0) is 12.8 Å². The van der Waals surface area contributed by atoms with Crippen LogP contribution in [0.25, 0.3) is 0 Å². The number of hydrazine groups is 1. The molecule has 90 valence electrons. The summed E-state index contributed by atoms with van der Waals surface area (Å²) in [4.78, 5) is 34.1. The summed E-state index contributed by atoms with van der Waals surface area (Å²) in [6, 6.07) is 0. The summed E-state index contributed by atoms with van der Waals surface area (Å²) >= 11 is 0. The normalized spacial score (nSPS) is 13.9. The van der Waals surface area contributed by atoms with Crippen LogP contribution in [-0.2, 0) is 14.4 Å². The van der Waals surface area contributed by atoms with Crippen LogP contribution < -0.4 is 11.3 Å². The second-order valence-corrected chi connectivity index (χ2v) is 3.19.